The van der Waals surface area contributed by atoms with Crippen molar-refractivity contribution in [1.29, 1.82) is 0 Å². The Hall–Kier alpha value is -1.00. The second-order valence-corrected chi connectivity index (χ2v) is 17.7. The van der Waals surface area contributed by atoms with Gasteiger partial charge in [0.2, 0.25) is 0 Å². The molecule has 2 atom stereocenters. The van der Waals surface area contributed by atoms with Crippen LogP contribution in [0.5, 0.6) is 11.5 Å². The molecule has 0 spiro atoms. The molecule has 2 aromatic rings. The highest BCUT2D eigenvalue weighted by molar-refractivity contribution is 9.10. The largest absolute Gasteiger partial charge is 0.493 e. The summed E-state index contributed by atoms with van der Waals surface area (Å²) in [5, 5.41) is 0. The summed E-state index contributed by atoms with van der Waals surface area (Å²) in [6.07, 6.45) is 36.9. The van der Waals surface area contributed by atoms with Crippen molar-refractivity contribution in [3.05, 3.63) is 56.5 Å². The molecule has 0 aliphatic carbocycles. The molecule has 0 aliphatic rings. The molecular formula is C47H78Br2O2. The van der Waals surface area contributed by atoms with Crippen molar-refractivity contribution in [2.24, 2.45) is 11.8 Å². The predicted octanol–water partition coefficient (Wildman–Crippen LogP) is 17.0. The molecule has 2 unspecified atom stereocenters. The first-order valence-electron chi connectivity index (χ1n) is 21.7. The molecule has 4 heteroatoms. The summed E-state index contributed by atoms with van der Waals surface area (Å²) in [5.74, 6) is 3.10. The maximum absolute atomic E-state index is 6.49. The smallest absolute Gasteiger partial charge is 0.122 e. The minimum atomic E-state index is 0.556. The van der Waals surface area contributed by atoms with E-state index < -0.39 is 0 Å². The van der Waals surface area contributed by atoms with E-state index in [2.05, 4.69) is 96.0 Å². The first-order chi connectivity index (χ1) is 24.9. The number of hydrogen-bond acceptors (Lipinski definition) is 2. The quantitative estimate of drug-likeness (QED) is 0.0654. The number of hydrogen-bond donors (Lipinski definition) is 0. The maximum atomic E-state index is 6.49. The fourth-order valence-electron chi connectivity index (χ4n) is 7.16. The molecule has 2 nitrogen and oxygen atoms in total. The zero-order valence-electron chi connectivity index (χ0n) is 33.7. The van der Waals surface area contributed by atoms with Crippen molar-refractivity contribution in [2.75, 3.05) is 13.2 Å². The summed E-state index contributed by atoms with van der Waals surface area (Å²) in [6, 6.07) is 12.9. The fraction of sp³-hybridized carbons (Fsp3) is 0.745. The van der Waals surface area contributed by atoms with Crippen molar-refractivity contribution in [2.45, 2.75) is 201 Å². The van der Waals surface area contributed by atoms with Crippen LogP contribution in [-0.4, -0.2) is 13.2 Å². The molecule has 0 aromatic heterocycles. The van der Waals surface area contributed by atoms with E-state index in [1.807, 2.05) is 0 Å². The average molecular weight is 835 g/mol. The Morgan fingerprint density at radius 3 is 1.04 bits per heavy atom. The van der Waals surface area contributed by atoms with Crippen LogP contribution in [0.1, 0.15) is 206 Å². The molecule has 0 aliphatic heterocycles. The highest BCUT2D eigenvalue weighted by Gasteiger charge is 2.14. The van der Waals surface area contributed by atoms with E-state index in [9.17, 15) is 0 Å². The van der Waals surface area contributed by atoms with Crippen LogP contribution in [0.2, 0.25) is 0 Å². The lowest BCUT2D eigenvalue weighted by atomic mass is 10.0. The fourth-order valence-corrected chi connectivity index (χ4v) is 7.97. The van der Waals surface area contributed by atoms with Gasteiger partial charge in [0.25, 0.3) is 0 Å². The SMILES string of the molecule is CCCCCCCCCCCCCCC(C)COc1ccc(Br)cc1Cc1cc(Br)ccc1OCC(C)CCCCCCCCCCCCCC. The monoisotopic (exact) mass is 832 g/mol. The van der Waals surface area contributed by atoms with Crippen LogP contribution in [0.3, 0.4) is 0 Å². The lowest BCUT2D eigenvalue weighted by molar-refractivity contribution is 0.244. The normalized spacial score (nSPS) is 12.7. The molecule has 0 N–H and O–H groups in total. The average Bonchev–Trinajstić information content (AvgIpc) is 3.12. The zero-order valence-corrected chi connectivity index (χ0v) is 36.9. The standard InChI is InChI=1S/C47H78Br2O2/c1-5-7-9-11-13-15-17-19-21-23-25-27-29-40(3)38-50-46-33-31-44(48)36-42(46)35-43-37-45(49)32-34-47(43)51-39-41(4)30-28-26-24-22-20-18-16-14-12-10-8-6-2/h31-34,36-37,40-41H,5-30,35,38-39H2,1-4H3. The molecule has 0 bridgehead atoms. The van der Waals surface area contributed by atoms with E-state index in [-0.39, 0.29) is 0 Å². The molecule has 0 saturated carbocycles. The van der Waals surface area contributed by atoms with Crippen molar-refractivity contribution in [3.63, 3.8) is 0 Å². The lowest BCUT2D eigenvalue weighted by Crippen LogP contribution is -2.11. The molecule has 292 valence electrons. The van der Waals surface area contributed by atoms with Gasteiger partial charge >= 0.3 is 0 Å². The van der Waals surface area contributed by atoms with Gasteiger partial charge in [-0.1, -0.05) is 214 Å². The van der Waals surface area contributed by atoms with Crippen molar-refractivity contribution >= 4 is 31.9 Å². The van der Waals surface area contributed by atoms with Crippen molar-refractivity contribution in [3.8, 4) is 11.5 Å². The van der Waals surface area contributed by atoms with Crippen LogP contribution in [0.25, 0.3) is 0 Å². The van der Waals surface area contributed by atoms with Crippen LogP contribution in [0.4, 0.5) is 0 Å². The van der Waals surface area contributed by atoms with Crippen LogP contribution in [0.15, 0.2) is 45.3 Å². The van der Waals surface area contributed by atoms with Crippen LogP contribution < -0.4 is 9.47 Å². The van der Waals surface area contributed by atoms with Crippen molar-refractivity contribution in [1.82, 2.24) is 0 Å². The first kappa shape index (κ1) is 46.2. The van der Waals surface area contributed by atoms with Gasteiger partial charge in [-0.2, -0.15) is 0 Å². The molecule has 0 amide bonds. The Kier molecular flexibility index (Phi) is 28.4. The summed E-state index contributed by atoms with van der Waals surface area (Å²) in [4.78, 5) is 0. The molecule has 0 saturated heterocycles. The highest BCUT2D eigenvalue weighted by Crippen LogP contribution is 2.32. The number of halogens is 2. The molecule has 0 heterocycles. The third kappa shape index (κ3) is 24.1. The van der Waals surface area contributed by atoms with Crippen LogP contribution >= 0.6 is 31.9 Å². The van der Waals surface area contributed by atoms with Gasteiger partial charge in [-0.25, -0.2) is 0 Å². The third-order valence-electron chi connectivity index (χ3n) is 10.6. The molecule has 51 heavy (non-hydrogen) atoms. The van der Waals surface area contributed by atoms with E-state index in [1.54, 1.807) is 0 Å². The summed E-state index contributed by atoms with van der Waals surface area (Å²) >= 11 is 7.44. The lowest BCUT2D eigenvalue weighted by Gasteiger charge is -2.18. The van der Waals surface area contributed by atoms with E-state index >= 15 is 0 Å². The first-order valence-corrected chi connectivity index (χ1v) is 23.3. The van der Waals surface area contributed by atoms with Gasteiger partial charge in [0.15, 0.2) is 0 Å². The Morgan fingerprint density at radius 2 is 0.725 bits per heavy atom. The van der Waals surface area contributed by atoms with E-state index in [0.717, 1.165) is 40.1 Å². The van der Waals surface area contributed by atoms with Gasteiger partial charge in [-0.15, -0.1) is 0 Å². The number of ether oxygens (including phenoxy) is 2. The number of unbranched alkanes of at least 4 members (excludes halogenated alkanes) is 22. The summed E-state index contributed by atoms with van der Waals surface area (Å²) in [6.45, 7) is 10.8. The van der Waals surface area contributed by atoms with Crippen molar-refractivity contribution < 1.29 is 9.47 Å². The van der Waals surface area contributed by atoms with Gasteiger partial charge in [-0.05, 0) is 72.2 Å². The summed E-state index contributed by atoms with van der Waals surface area (Å²) in [5.41, 5.74) is 2.41. The minimum absolute atomic E-state index is 0.556. The van der Waals surface area contributed by atoms with Gasteiger partial charge in [-0.3, -0.25) is 0 Å². The van der Waals surface area contributed by atoms with Gasteiger partial charge in [0.05, 0.1) is 13.2 Å². The van der Waals surface area contributed by atoms with E-state index in [1.165, 1.54) is 178 Å². The van der Waals surface area contributed by atoms with E-state index in [0.29, 0.717) is 11.8 Å². The molecule has 2 rings (SSSR count). The highest BCUT2D eigenvalue weighted by atomic mass is 79.9. The molecule has 0 fully saturated rings. The number of benzene rings is 2. The number of rotatable bonds is 34. The Labute approximate surface area is 333 Å². The van der Waals surface area contributed by atoms with Gasteiger partial charge in [0, 0.05) is 15.4 Å². The topological polar surface area (TPSA) is 18.5 Å². The predicted molar refractivity (Wildman–Crippen MR) is 232 cm³/mol. The van der Waals surface area contributed by atoms with Crippen LogP contribution in [-0.2, 0) is 6.42 Å². The van der Waals surface area contributed by atoms with Crippen LogP contribution in [0, 0.1) is 11.8 Å². The second kappa shape index (κ2) is 31.4. The molecule has 2 aromatic carbocycles. The summed E-state index contributed by atoms with van der Waals surface area (Å²) in [7, 11) is 0. The third-order valence-corrected chi connectivity index (χ3v) is 11.6. The minimum Gasteiger partial charge on any atom is -0.493 e. The molecular weight excluding hydrogens is 756 g/mol. The van der Waals surface area contributed by atoms with Gasteiger partial charge in [0.1, 0.15) is 11.5 Å². The molecule has 0 radical (unpaired) electrons. The Balaban J connectivity index is 1.69. The van der Waals surface area contributed by atoms with E-state index in [4.69, 9.17) is 9.47 Å². The summed E-state index contributed by atoms with van der Waals surface area (Å²) < 4.78 is 15.1. The second-order valence-electron chi connectivity index (χ2n) is 15.9. The van der Waals surface area contributed by atoms with Gasteiger partial charge < -0.3 is 9.47 Å². The maximum Gasteiger partial charge on any atom is 0.122 e. The Bertz CT molecular complexity index is 1020. The zero-order chi connectivity index (χ0) is 36.8. The Morgan fingerprint density at radius 1 is 0.431 bits per heavy atom.